The first kappa shape index (κ1) is 34.5. The van der Waals surface area contributed by atoms with Gasteiger partial charge in [0.1, 0.15) is 0 Å². The standard InChI is InChI=1S/C43H64N2O3/c1-29(2)32-14-19-43(28-44-22-23-45-24-26-48-27-25-45)21-20-41(6)34(37(32)43)12-13-36-40(5)17-15-33(30-8-10-31(11-9-30)38(46)47)39(3,4)35(40)16-18-42(36,41)7/h8-11,15,32,34-37,44H,1,12-14,16-28H2,2-7H3,(H,46,47). The summed E-state index contributed by atoms with van der Waals surface area (Å²) in [5, 5.41) is 13.5. The minimum absolute atomic E-state index is 0.0436. The highest BCUT2D eigenvalue weighted by Crippen LogP contribution is 2.77. The molecule has 5 heteroatoms. The largest absolute Gasteiger partial charge is 0.478 e. The highest BCUT2D eigenvalue weighted by atomic mass is 16.5. The molecule has 1 aliphatic heterocycles. The molecule has 264 valence electrons. The number of rotatable bonds is 8. The fourth-order valence-corrected chi connectivity index (χ4v) is 13.9. The zero-order valence-electron chi connectivity index (χ0n) is 31.0. The minimum atomic E-state index is -0.853. The maximum absolute atomic E-state index is 11.6. The molecule has 0 amide bonds. The molecule has 5 nitrogen and oxygen atoms in total. The van der Waals surface area contributed by atoms with Crippen molar-refractivity contribution in [2.75, 3.05) is 45.9 Å². The van der Waals surface area contributed by atoms with E-state index in [1.165, 1.54) is 74.6 Å². The van der Waals surface area contributed by atoms with Crippen LogP contribution in [0.3, 0.4) is 0 Å². The number of morpholine rings is 1. The van der Waals surface area contributed by atoms with Gasteiger partial charge in [-0.3, -0.25) is 4.90 Å². The van der Waals surface area contributed by atoms with Crippen LogP contribution in [-0.4, -0.2) is 61.9 Å². The Kier molecular flexibility index (Phi) is 8.89. The lowest BCUT2D eigenvalue weighted by Crippen LogP contribution is -2.65. The third-order valence-electron chi connectivity index (χ3n) is 16.4. The van der Waals surface area contributed by atoms with E-state index in [9.17, 15) is 9.90 Å². The molecular weight excluding hydrogens is 592 g/mol. The molecule has 2 N–H and O–H groups in total. The van der Waals surface area contributed by atoms with Crippen LogP contribution in [0.5, 0.6) is 0 Å². The maximum Gasteiger partial charge on any atom is 0.335 e. The van der Waals surface area contributed by atoms with Crippen LogP contribution in [0, 0.1) is 56.7 Å². The third kappa shape index (κ3) is 5.22. The first-order valence-corrected chi connectivity index (χ1v) is 19.5. The number of aromatic carboxylic acids is 1. The summed E-state index contributed by atoms with van der Waals surface area (Å²) in [7, 11) is 0. The molecule has 7 rings (SSSR count). The first-order chi connectivity index (χ1) is 22.8. The van der Waals surface area contributed by atoms with Gasteiger partial charge in [0.15, 0.2) is 0 Å². The number of hydrogen-bond donors (Lipinski definition) is 2. The summed E-state index contributed by atoms with van der Waals surface area (Å²) in [6.07, 6.45) is 14.5. The summed E-state index contributed by atoms with van der Waals surface area (Å²) in [6, 6.07) is 7.66. The molecule has 0 aromatic heterocycles. The number of carboxylic acid groups (broad SMARTS) is 1. The van der Waals surface area contributed by atoms with E-state index in [2.05, 4.69) is 64.4 Å². The number of hydrogen-bond acceptors (Lipinski definition) is 4. The van der Waals surface area contributed by atoms with Gasteiger partial charge in [-0.2, -0.15) is 0 Å². The number of nitrogens with zero attached hydrogens (tertiary/aromatic N) is 1. The van der Waals surface area contributed by atoms with Gasteiger partial charge < -0.3 is 15.2 Å². The van der Waals surface area contributed by atoms with Crippen molar-refractivity contribution in [3.05, 3.63) is 53.6 Å². The highest BCUT2D eigenvalue weighted by molar-refractivity contribution is 5.88. The molecule has 9 unspecified atom stereocenters. The topological polar surface area (TPSA) is 61.8 Å². The molecule has 48 heavy (non-hydrogen) atoms. The monoisotopic (exact) mass is 656 g/mol. The Morgan fingerprint density at radius 3 is 2.35 bits per heavy atom. The molecule has 0 spiro atoms. The Morgan fingerprint density at radius 2 is 1.67 bits per heavy atom. The van der Waals surface area contributed by atoms with Gasteiger partial charge in [0.25, 0.3) is 0 Å². The number of carboxylic acids is 1. The summed E-state index contributed by atoms with van der Waals surface area (Å²) < 4.78 is 5.59. The molecule has 1 aromatic carbocycles. The Hall–Kier alpha value is -1.95. The van der Waals surface area contributed by atoms with Crippen molar-refractivity contribution in [2.24, 2.45) is 56.7 Å². The average molecular weight is 657 g/mol. The fraction of sp³-hybridized carbons (Fsp3) is 0.744. The van der Waals surface area contributed by atoms with Gasteiger partial charge in [-0.05, 0) is 145 Å². The number of benzene rings is 1. The second kappa shape index (κ2) is 12.4. The van der Waals surface area contributed by atoms with Crippen LogP contribution in [0.2, 0.25) is 0 Å². The van der Waals surface area contributed by atoms with E-state index >= 15 is 0 Å². The van der Waals surface area contributed by atoms with E-state index in [1.807, 2.05) is 12.1 Å². The number of ether oxygens (including phenoxy) is 1. The van der Waals surface area contributed by atoms with E-state index in [1.54, 1.807) is 12.1 Å². The van der Waals surface area contributed by atoms with Crippen LogP contribution in [0.4, 0.5) is 0 Å². The maximum atomic E-state index is 11.6. The van der Waals surface area contributed by atoms with Crippen LogP contribution in [-0.2, 0) is 4.74 Å². The molecule has 0 bridgehead atoms. The molecule has 0 radical (unpaired) electrons. The predicted octanol–water partition coefficient (Wildman–Crippen LogP) is 8.96. The highest BCUT2D eigenvalue weighted by Gasteiger charge is 2.70. The lowest BCUT2D eigenvalue weighted by molar-refractivity contribution is -0.225. The third-order valence-corrected chi connectivity index (χ3v) is 16.4. The predicted molar refractivity (Wildman–Crippen MR) is 196 cm³/mol. The first-order valence-electron chi connectivity index (χ1n) is 19.5. The van der Waals surface area contributed by atoms with Crippen LogP contribution in [0.1, 0.15) is 115 Å². The van der Waals surface area contributed by atoms with E-state index in [4.69, 9.17) is 4.74 Å². The van der Waals surface area contributed by atoms with Crippen molar-refractivity contribution in [3.63, 3.8) is 0 Å². The second-order valence-corrected chi connectivity index (χ2v) is 18.6. The lowest BCUT2D eigenvalue weighted by Gasteiger charge is -2.72. The summed E-state index contributed by atoms with van der Waals surface area (Å²) in [5.41, 5.74) is 5.83. The normalized spacial score (nSPS) is 42.1. The number of fused-ring (bicyclic) bond motifs is 7. The smallest absolute Gasteiger partial charge is 0.335 e. The van der Waals surface area contributed by atoms with Gasteiger partial charge in [-0.25, -0.2) is 4.79 Å². The Labute approximate surface area is 291 Å². The Morgan fingerprint density at radius 1 is 0.938 bits per heavy atom. The van der Waals surface area contributed by atoms with Crippen molar-refractivity contribution in [3.8, 4) is 0 Å². The van der Waals surface area contributed by atoms with Gasteiger partial charge in [0, 0.05) is 32.7 Å². The molecule has 5 fully saturated rings. The Balaban J connectivity index is 1.14. The van der Waals surface area contributed by atoms with E-state index < -0.39 is 5.97 Å². The molecule has 1 saturated heterocycles. The van der Waals surface area contributed by atoms with Gasteiger partial charge in [-0.1, -0.05) is 65.0 Å². The summed E-state index contributed by atoms with van der Waals surface area (Å²) in [6.45, 7) is 27.4. The van der Waals surface area contributed by atoms with Gasteiger partial charge in [0.2, 0.25) is 0 Å². The van der Waals surface area contributed by atoms with E-state index in [0.29, 0.717) is 33.6 Å². The van der Waals surface area contributed by atoms with Crippen molar-refractivity contribution < 1.29 is 14.6 Å². The van der Waals surface area contributed by atoms with Gasteiger partial charge in [0.05, 0.1) is 18.8 Å². The van der Waals surface area contributed by atoms with Crippen molar-refractivity contribution >= 4 is 11.5 Å². The Bertz CT molecular complexity index is 1430. The number of carbonyl (C=O) groups is 1. The van der Waals surface area contributed by atoms with Gasteiger partial charge >= 0.3 is 5.97 Å². The minimum Gasteiger partial charge on any atom is -0.478 e. The van der Waals surface area contributed by atoms with Crippen LogP contribution in [0.15, 0.2) is 42.5 Å². The van der Waals surface area contributed by atoms with E-state index in [0.717, 1.165) is 63.6 Å². The molecule has 5 aliphatic carbocycles. The second-order valence-electron chi connectivity index (χ2n) is 18.6. The van der Waals surface area contributed by atoms with Crippen molar-refractivity contribution in [1.82, 2.24) is 10.2 Å². The molecule has 1 heterocycles. The zero-order valence-corrected chi connectivity index (χ0v) is 31.0. The molecule has 9 atom stereocenters. The van der Waals surface area contributed by atoms with E-state index in [-0.39, 0.29) is 10.8 Å². The quantitative estimate of drug-likeness (QED) is 0.216. The van der Waals surface area contributed by atoms with Crippen LogP contribution >= 0.6 is 0 Å². The fourth-order valence-electron chi connectivity index (χ4n) is 13.9. The SMILES string of the molecule is C=C(C)C1CCC2(CNCCN3CCOCC3)CCC3(C)C(CCC4C5(C)CC=C(c6ccc(C(=O)O)cc6)C(C)(C)C5CCC43C)C12. The van der Waals surface area contributed by atoms with Crippen LogP contribution in [0.25, 0.3) is 5.57 Å². The summed E-state index contributed by atoms with van der Waals surface area (Å²) >= 11 is 0. The number of allylic oxidation sites excluding steroid dienone is 3. The number of nitrogens with one attached hydrogen (secondary N) is 1. The molecule has 1 aromatic rings. The average Bonchev–Trinajstić information content (AvgIpc) is 3.44. The summed E-state index contributed by atoms with van der Waals surface area (Å²) in [5.74, 6) is 2.67. The van der Waals surface area contributed by atoms with Crippen LogP contribution < -0.4 is 5.32 Å². The molecule has 6 aliphatic rings. The zero-order chi connectivity index (χ0) is 34.1. The van der Waals surface area contributed by atoms with Crippen molar-refractivity contribution in [1.29, 1.82) is 0 Å². The lowest BCUT2D eigenvalue weighted by atomic mass is 9.32. The summed E-state index contributed by atoms with van der Waals surface area (Å²) in [4.78, 5) is 14.1. The van der Waals surface area contributed by atoms with Gasteiger partial charge in [-0.15, -0.1) is 0 Å². The van der Waals surface area contributed by atoms with Crippen molar-refractivity contribution in [2.45, 2.75) is 99.3 Å². The molecular formula is C43H64N2O3. The molecule has 4 saturated carbocycles.